The maximum Gasteiger partial charge on any atom is 0.227 e. The predicted octanol–water partition coefficient (Wildman–Crippen LogP) is 4.75. The van der Waals surface area contributed by atoms with Crippen molar-refractivity contribution < 1.29 is 4.42 Å². The highest BCUT2D eigenvalue weighted by Gasteiger charge is 2.21. The van der Waals surface area contributed by atoms with E-state index in [4.69, 9.17) is 9.40 Å². The lowest BCUT2D eigenvalue weighted by molar-refractivity contribution is 0.593. The van der Waals surface area contributed by atoms with E-state index in [1.807, 2.05) is 24.4 Å². The number of benzene rings is 1. The van der Waals surface area contributed by atoms with Crippen molar-refractivity contribution in [2.45, 2.75) is 39.5 Å². The topological polar surface area (TPSA) is 38.9 Å². The smallest absolute Gasteiger partial charge is 0.227 e. The Morgan fingerprint density at radius 1 is 1.14 bits per heavy atom. The second-order valence-corrected chi connectivity index (χ2v) is 6.31. The van der Waals surface area contributed by atoms with Crippen molar-refractivity contribution in [1.82, 2.24) is 9.97 Å². The summed E-state index contributed by atoms with van der Waals surface area (Å²) in [6, 6.07) is 8.11. The molecule has 0 aliphatic carbocycles. The van der Waals surface area contributed by atoms with Gasteiger partial charge in [-0.05, 0) is 35.1 Å². The fourth-order valence-corrected chi connectivity index (χ4v) is 2.59. The monoisotopic (exact) mass is 280 g/mol. The molecule has 2 heterocycles. The summed E-state index contributed by atoms with van der Waals surface area (Å²) in [5.74, 6) is 0.681. The summed E-state index contributed by atoms with van der Waals surface area (Å²) in [7, 11) is 0. The number of rotatable bonds is 2. The Balaban J connectivity index is 2.23. The van der Waals surface area contributed by atoms with Gasteiger partial charge in [0.2, 0.25) is 5.89 Å². The molecule has 0 N–H and O–H groups in total. The van der Waals surface area contributed by atoms with E-state index in [-0.39, 0.29) is 5.41 Å². The Kier molecular flexibility index (Phi) is 3.28. The second-order valence-electron chi connectivity index (χ2n) is 6.31. The van der Waals surface area contributed by atoms with Crippen LogP contribution in [-0.2, 0) is 11.8 Å². The van der Waals surface area contributed by atoms with Gasteiger partial charge in [-0.3, -0.25) is 4.98 Å². The highest BCUT2D eigenvalue weighted by atomic mass is 16.3. The van der Waals surface area contributed by atoms with Crippen molar-refractivity contribution in [2.75, 3.05) is 0 Å². The minimum Gasteiger partial charge on any atom is -0.436 e. The summed E-state index contributed by atoms with van der Waals surface area (Å²) in [6.45, 7) is 8.70. The molecule has 3 nitrogen and oxygen atoms in total. The first kappa shape index (κ1) is 13.8. The van der Waals surface area contributed by atoms with Gasteiger partial charge in [-0.15, -0.1) is 0 Å². The van der Waals surface area contributed by atoms with E-state index in [2.05, 4.69) is 38.7 Å². The van der Waals surface area contributed by atoms with Crippen LogP contribution in [0.15, 0.2) is 41.1 Å². The maximum absolute atomic E-state index is 5.99. The average Bonchev–Trinajstić information content (AvgIpc) is 2.89. The first-order valence-corrected chi connectivity index (χ1v) is 7.34. The highest BCUT2D eigenvalue weighted by molar-refractivity contribution is 5.81. The summed E-state index contributed by atoms with van der Waals surface area (Å²) in [5.41, 5.74) is 5.24. The van der Waals surface area contributed by atoms with Gasteiger partial charge in [-0.1, -0.05) is 39.8 Å². The molecule has 0 saturated carbocycles. The Labute approximate surface area is 125 Å². The number of para-hydroxylation sites is 1. The zero-order valence-electron chi connectivity index (χ0n) is 13.0. The van der Waals surface area contributed by atoms with Crippen molar-refractivity contribution >= 4 is 11.1 Å². The van der Waals surface area contributed by atoms with Gasteiger partial charge in [0, 0.05) is 18.0 Å². The summed E-state index contributed by atoms with van der Waals surface area (Å²) in [5, 5.41) is 0. The molecule has 3 heteroatoms. The fourth-order valence-electron chi connectivity index (χ4n) is 2.59. The zero-order valence-corrected chi connectivity index (χ0v) is 13.0. The van der Waals surface area contributed by atoms with Gasteiger partial charge in [-0.2, -0.15) is 0 Å². The lowest BCUT2D eigenvalue weighted by Crippen LogP contribution is -2.11. The standard InChI is InChI=1S/C18H20N2O/c1-5-12-11-19-10-9-13(12)17-20-16-14(18(2,3)4)7-6-8-15(16)21-17/h6-11H,5H2,1-4H3. The van der Waals surface area contributed by atoms with E-state index in [0.717, 1.165) is 28.6 Å². The molecular formula is C18H20N2O. The van der Waals surface area contributed by atoms with Gasteiger partial charge in [0.1, 0.15) is 5.52 Å². The third kappa shape index (κ3) is 2.44. The van der Waals surface area contributed by atoms with Gasteiger partial charge < -0.3 is 4.42 Å². The predicted molar refractivity (Wildman–Crippen MR) is 85.3 cm³/mol. The lowest BCUT2D eigenvalue weighted by Gasteiger charge is -2.18. The molecule has 0 unspecified atom stereocenters. The number of hydrogen-bond acceptors (Lipinski definition) is 3. The lowest BCUT2D eigenvalue weighted by atomic mass is 9.86. The molecule has 0 atom stereocenters. The van der Waals surface area contributed by atoms with Crippen molar-refractivity contribution in [2.24, 2.45) is 0 Å². The molecule has 0 aliphatic heterocycles. The minimum atomic E-state index is 0.0412. The molecule has 0 saturated heterocycles. The maximum atomic E-state index is 5.99. The van der Waals surface area contributed by atoms with Crippen LogP contribution in [0.2, 0.25) is 0 Å². The molecule has 3 aromatic rings. The number of oxazole rings is 1. The normalized spacial score (nSPS) is 12.0. The molecule has 1 aromatic carbocycles. The Morgan fingerprint density at radius 3 is 2.67 bits per heavy atom. The van der Waals surface area contributed by atoms with Gasteiger partial charge >= 0.3 is 0 Å². The highest BCUT2D eigenvalue weighted by Crippen LogP contribution is 2.33. The van der Waals surface area contributed by atoms with Crippen LogP contribution in [0.25, 0.3) is 22.6 Å². The Morgan fingerprint density at radius 2 is 1.95 bits per heavy atom. The quantitative estimate of drug-likeness (QED) is 0.680. The fraction of sp³-hybridized carbons (Fsp3) is 0.333. The molecule has 0 bridgehead atoms. The third-order valence-electron chi connectivity index (χ3n) is 3.74. The van der Waals surface area contributed by atoms with Crippen LogP contribution in [0, 0.1) is 0 Å². The van der Waals surface area contributed by atoms with E-state index < -0.39 is 0 Å². The number of pyridine rings is 1. The van der Waals surface area contributed by atoms with Crippen LogP contribution in [0.1, 0.15) is 38.8 Å². The van der Waals surface area contributed by atoms with Crippen LogP contribution >= 0.6 is 0 Å². The number of hydrogen-bond donors (Lipinski definition) is 0. The Hall–Kier alpha value is -2.16. The zero-order chi connectivity index (χ0) is 15.0. The van der Waals surface area contributed by atoms with Crippen molar-refractivity contribution in [3.63, 3.8) is 0 Å². The van der Waals surface area contributed by atoms with Crippen LogP contribution in [0.5, 0.6) is 0 Å². The molecule has 0 amide bonds. The van der Waals surface area contributed by atoms with Gasteiger partial charge in [0.05, 0.1) is 0 Å². The van der Waals surface area contributed by atoms with Crippen LogP contribution in [-0.4, -0.2) is 9.97 Å². The van der Waals surface area contributed by atoms with Crippen molar-refractivity contribution in [3.05, 3.63) is 47.8 Å². The first-order chi connectivity index (χ1) is 10.0. The second kappa shape index (κ2) is 4.99. The molecule has 21 heavy (non-hydrogen) atoms. The van der Waals surface area contributed by atoms with E-state index in [1.54, 1.807) is 6.20 Å². The first-order valence-electron chi connectivity index (χ1n) is 7.34. The van der Waals surface area contributed by atoms with E-state index in [1.165, 1.54) is 5.56 Å². The summed E-state index contributed by atoms with van der Waals surface area (Å²) >= 11 is 0. The largest absolute Gasteiger partial charge is 0.436 e. The number of aromatic nitrogens is 2. The summed E-state index contributed by atoms with van der Waals surface area (Å²) in [4.78, 5) is 8.95. The van der Waals surface area contributed by atoms with Crippen LogP contribution in [0.3, 0.4) is 0 Å². The van der Waals surface area contributed by atoms with Crippen LogP contribution < -0.4 is 0 Å². The van der Waals surface area contributed by atoms with Crippen LogP contribution in [0.4, 0.5) is 0 Å². The minimum absolute atomic E-state index is 0.0412. The molecule has 0 aliphatic rings. The van der Waals surface area contributed by atoms with Gasteiger partial charge in [0.15, 0.2) is 5.58 Å². The molecule has 0 spiro atoms. The Bertz CT molecular complexity index is 781. The molecule has 2 aromatic heterocycles. The molecular weight excluding hydrogens is 260 g/mol. The summed E-state index contributed by atoms with van der Waals surface area (Å²) < 4.78 is 5.99. The van der Waals surface area contributed by atoms with Gasteiger partial charge in [0.25, 0.3) is 0 Å². The molecule has 108 valence electrons. The molecule has 0 fully saturated rings. The molecule has 0 radical (unpaired) electrons. The van der Waals surface area contributed by atoms with E-state index >= 15 is 0 Å². The van der Waals surface area contributed by atoms with Crippen molar-refractivity contribution in [1.29, 1.82) is 0 Å². The van der Waals surface area contributed by atoms with Crippen molar-refractivity contribution in [3.8, 4) is 11.5 Å². The third-order valence-corrected chi connectivity index (χ3v) is 3.74. The number of fused-ring (bicyclic) bond motifs is 1. The van der Waals surface area contributed by atoms with E-state index in [0.29, 0.717) is 5.89 Å². The summed E-state index contributed by atoms with van der Waals surface area (Å²) in [6.07, 6.45) is 4.58. The number of nitrogens with zero attached hydrogens (tertiary/aromatic N) is 2. The average molecular weight is 280 g/mol. The number of aryl methyl sites for hydroxylation is 1. The van der Waals surface area contributed by atoms with Gasteiger partial charge in [-0.25, -0.2) is 4.98 Å². The SMILES string of the molecule is CCc1cnccc1-c1nc2c(C(C)(C)C)cccc2o1. The van der Waals surface area contributed by atoms with E-state index in [9.17, 15) is 0 Å². The molecule has 3 rings (SSSR count).